The van der Waals surface area contributed by atoms with E-state index in [1.807, 2.05) is 50.8 Å². The first-order chi connectivity index (χ1) is 17.0. The van der Waals surface area contributed by atoms with Gasteiger partial charge in [-0.25, -0.2) is 9.97 Å². The van der Waals surface area contributed by atoms with Crippen molar-refractivity contribution < 1.29 is 18.3 Å². The van der Waals surface area contributed by atoms with Crippen LogP contribution in [0.3, 0.4) is 0 Å². The van der Waals surface area contributed by atoms with Crippen LogP contribution in [0.2, 0.25) is 5.02 Å². The van der Waals surface area contributed by atoms with E-state index in [9.17, 15) is 13.2 Å². The number of rotatable bonds is 11. The quantitative estimate of drug-likeness (QED) is 0.334. The van der Waals surface area contributed by atoms with Crippen molar-refractivity contribution in [2.75, 3.05) is 22.7 Å². The van der Waals surface area contributed by atoms with Gasteiger partial charge in [0.2, 0.25) is 0 Å². The number of sulfonamides is 1. The van der Waals surface area contributed by atoms with Gasteiger partial charge in [0.15, 0.2) is 5.03 Å². The van der Waals surface area contributed by atoms with Crippen LogP contribution >= 0.6 is 11.6 Å². The molecule has 0 saturated heterocycles. The van der Waals surface area contributed by atoms with Gasteiger partial charge in [-0.15, -0.1) is 0 Å². The van der Waals surface area contributed by atoms with Crippen LogP contribution in [0.4, 0.5) is 11.6 Å². The summed E-state index contributed by atoms with van der Waals surface area (Å²) in [5.41, 5.74) is 3.31. The van der Waals surface area contributed by atoms with Gasteiger partial charge < -0.3 is 10.0 Å². The molecule has 2 heterocycles. The summed E-state index contributed by atoms with van der Waals surface area (Å²) >= 11 is 6.43. The maximum Gasteiger partial charge on any atom is 0.303 e. The lowest BCUT2D eigenvalue weighted by molar-refractivity contribution is -0.137. The number of aromatic nitrogens is 2. The van der Waals surface area contributed by atoms with Gasteiger partial charge in [0.05, 0.1) is 10.7 Å². The Bertz CT molecular complexity index is 1330. The zero-order valence-electron chi connectivity index (χ0n) is 20.8. The van der Waals surface area contributed by atoms with Crippen LogP contribution in [0.5, 0.6) is 0 Å². The normalized spacial score (nSPS) is 11.5. The Kier molecular flexibility index (Phi) is 8.92. The van der Waals surface area contributed by atoms with Gasteiger partial charge in [-0.2, -0.15) is 8.42 Å². The summed E-state index contributed by atoms with van der Waals surface area (Å²) in [5, 5.41) is 9.24. The summed E-state index contributed by atoms with van der Waals surface area (Å²) in [6, 6.07) is 13.7. The molecular formula is C26H31ClN4O4S. The fourth-order valence-corrected chi connectivity index (χ4v) is 5.11. The molecule has 0 spiro atoms. The second kappa shape index (κ2) is 11.7. The molecular weight excluding hydrogens is 500 g/mol. The lowest BCUT2D eigenvalue weighted by Crippen LogP contribution is -2.30. The molecule has 36 heavy (non-hydrogen) atoms. The molecule has 0 amide bonds. The molecule has 0 aliphatic rings. The molecule has 0 unspecified atom stereocenters. The number of aryl methyl sites for hydroxylation is 2. The van der Waals surface area contributed by atoms with E-state index >= 15 is 0 Å². The second-order valence-electron chi connectivity index (χ2n) is 9.07. The van der Waals surface area contributed by atoms with Gasteiger partial charge in [0, 0.05) is 25.1 Å². The molecule has 10 heteroatoms. The van der Waals surface area contributed by atoms with Crippen molar-refractivity contribution >= 4 is 39.2 Å². The highest BCUT2D eigenvalue weighted by atomic mass is 35.5. The highest BCUT2D eigenvalue weighted by Crippen LogP contribution is 2.32. The predicted molar refractivity (Wildman–Crippen MR) is 143 cm³/mol. The Hall–Kier alpha value is -3.17. The van der Waals surface area contributed by atoms with Crippen LogP contribution in [0.15, 0.2) is 53.6 Å². The first kappa shape index (κ1) is 27.4. The second-order valence-corrected chi connectivity index (χ2v) is 11.1. The average molecular weight is 531 g/mol. The molecule has 3 rings (SSSR count). The van der Waals surface area contributed by atoms with E-state index < -0.39 is 16.0 Å². The molecule has 0 bridgehead atoms. The maximum absolute atomic E-state index is 13.2. The number of nitrogens with zero attached hydrogens (tertiary/aromatic N) is 3. The Morgan fingerprint density at radius 1 is 1.06 bits per heavy atom. The third-order valence-corrected chi connectivity index (χ3v) is 7.08. The SMILES string of the molecule is Cc1cccc(C)c1-c1nc(NS(=O)(=O)c2cccc(N(CCCC(=O)O)CC(C)C)n2)ccc1Cl. The number of carboxylic acids is 1. The predicted octanol–water partition coefficient (Wildman–Crippen LogP) is 5.54. The molecule has 0 aliphatic carbocycles. The van der Waals surface area contributed by atoms with Gasteiger partial charge in [-0.05, 0) is 61.6 Å². The Morgan fingerprint density at radius 2 is 1.72 bits per heavy atom. The van der Waals surface area contributed by atoms with Crippen LogP contribution < -0.4 is 9.62 Å². The van der Waals surface area contributed by atoms with Gasteiger partial charge >= 0.3 is 5.97 Å². The maximum atomic E-state index is 13.2. The summed E-state index contributed by atoms with van der Waals surface area (Å²) in [6.07, 6.45) is 0.452. The molecule has 0 aliphatic heterocycles. The topological polar surface area (TPSA) is 112 Å². The molecule has 1 aromatic carbocycles. The Labute approximate surface area is 217 Å². The number of nitrogens with one attached hydrogen (secondary N) is 1. The summed E-state index contributed by atoms with van der Waals surface area (Å²) < 4.78 is 29.0. The molecule has 0 fully saturated rings. The van der Waals surface area contributed by atoms with E-state index in [1.54, 1.807) is 18.2 Å². The fraction of sp³-hybridized carbons (Fsp3) is 0.346. The van der Waals surface area contributed by atoms with E-state index in [1.165, 1.54) is 12.1 Å². The Morgan fingerprint density at radius 3 is 2.36 bits per heavy atom. The van der Waals surface area contributed by atoms with E-state index in [2.05, 4.69) is 14.7 Å². The minimum absolute atomic E-state index is 0.0269. The molecule has 2 aromatic heterocycles. The van der Waals surface area contributed by atoms with Crippen molar-refractivity contribution in [1.29, 1.82) is 0 Å². The van der Waals surface area contributed by atoms with Gasteiger partial charge in [-0.1, -0.05) is 49.7 Å². The lowest BCUT2D eigenvalue weighted by atomic mass is 9.99. The van der Waals surface area contributed by atoms with Crippen LogP contribution in [0.1, 0.15) is 37.8 Å². The monoisotopic (exact) mass is 530 g/mol. The first-order valence-corrected chi connectivity index (χ1v) is 13.5. The van der Waals surface area contributed by atoms with Gasteiger partial charge in [-0.3, -0.25) is 9.52 Å². The highest BCUT2D eigenvalue weighted by Gasteiger charge is 2.21. The standard InChI is InChI=1S/C26H31ClN4O4S/c1-17(2)16-31(15-7-12-24(32)33)22-10-6-11-23(29-22)36(34,35)30-21-14-13-20(27)26(28-21)25-18(3)8-5-9-19(25)4/h5-6,8-11,13-14,17H,7,12,15-16H2,1-4H3,(H,28,30)(H,32,33). The van der Waals surface area contributed by atoms with Crippen LogP contribution in [-0.4, -0.2) is 42.6 Å². The van der Waals surface area contributed by atoms with Crippen molar-refractivity contribution in [3.05, 3.63) is 64.7 Å². The zero-order valence-corrected chi connectivity index (χ0v) is 22.4. The molecule has 8 nitrogen and oxygen atoms in total. The van der Waals surface area contributed by atoms with E-state index in [-0.39, 0.29) is 23.2 Å². The van der Waals surface area contributed by atoms with Crippen molar-refractivity contribution in [3.63, 3.8) is 0 Å². The highest BCUT2D eigenvalue weighted by molar-refractivity contribution is 7.92. The van der Waals surface area contributed by atoms with Crippen molar-refractivity contribution in [2.24, 2.45) is 5.92 Å². The third-order valence-electron chi connectivity index (χ3n) is 5.52. The number of benzene rings is 1. The minimum Gasteiger partial charge on any atom is -0.481 e. The lowest BCUT2D eigenvalue weighted by Gasteiger charge is -2.25. The summed E-state index contributed by atoms with van der Waals surface area (Å²) in [4.78, 5) is 21.7. The summed E-state index contributed by atoms with van der Waals surface area (Å²) in [6.45, 7) is 9.03. The van der Waals surface area contributed by atoms with Crippen LogP contribution in [-0.2, 0) is 14.8 Å². The van der Waals surface area contributed by atoms with Crippen LogP contribution in [0, 0.1) is 19.8 Å². The third kappa shape index (κ3) is 6.95. The number of carbonyl (C=O) groups is 1. The molecule has 2 N–H and O–H groups in total. The number of carboxylic acid groups (broad SMARTS) is 1. The van der Waals surface area contributed by atoms with Crippen molar-refractivity contribution in [2.45, 2.75) is 45.6 Å². The number of halogens is 1. The average Bonchev–Trinajstić information content (AvgIpc) is 2.80. The number of hydrogen-bond donors (Lipinski definition) is 2. The number of pyridine rings is 2. The molecule has 3 aromatic rings. The molecule has 192 valence electrons. The Balaban J connectivity index is 1.90. The van der Waals surface area contributed by atoms with Crippen LogP contribution in [0.25, 0.3) is 11.3 Å². The fourth-order valence-electron chi connectivity index (χ4n) is 3.94. The smallest absolute Gasteiger partial charge is 0.303 e. The van der Waals surface area contributed by atoms with Gasteiger partial charge in [0.1, 0.15) is 11.6 Å². The van der Waals surface area contributed by atoms with Crippen molar-refractivity contribution in [3.8, 4) is 11.3 Å². The molecule has 0 atom stereocenters. The number of hydrogen-bond acceptors (Lipinski definition) is 6. The van der Waals surface area contributed by atoms with E-state index in [0.717, 1.165) is 16.7 Å². The summed E-state index contributed by atoms with van der Waals surface area (Å²) in [7, 11) is -4.05. The van der Waals surface area contributed by atoms with Crippen molar-refractivity contribution in [1.82, 2.24) is 9.97 Å². The first-order valence-electron chi connectivity index (χ1n) is 11.7. The van der Waals surface area contributed by atoms with Gasteiger partial charge in [0.25, 0.3) is 10.0 Å². The molecule has 0 radical (unpaired) electrons. The number of anilines is 2. The molecule has 0 saturated carbocycles. The van der Waals surface area contributed by atoms with E-state index in [4.69, 9.17) is 16.7 Å². The largest absolute Gasteiger partial charge is 0.481 e. The number of aliphatic carboxylic acids is 1. The minimum atomic E-state index is -4.05. The zero-order chi connectivity index (χ0) is 26.5. The summed E-state index contributed by atoms with van der Waals surface area (Å²) in [5.74, 6) is 0.00215. The van der Waals surface area contributed by atoms with E-state index in [0.29, 0.717) is 36.0 Å².